The molecule has 0 spiro atoms. The van der Waals surface area contributed by atoms with E-state index in [9.17, 15) is 9.59 Å². The van der Waals surface area contributed by atoms with Crippen molar-refractivity contribution in [2.45, 2.75) is 18.9 Å². The number of anilines is 1. The van der Waals surface area contributed by atoms with Crippen LogP contribution in [0.4, 0.5) is 5.69 Å². The van der Waals surface area contributed by atoms with Crippen molar-refractivity contribution < 1.29 is 4.79 Å². The lowest BCUT2D eigenvalue weighted by molar-refractivity contribution is -0.116. The number of nitrogens with zero attached hydrogens (tertiary/aromatic N) is 1. The number of carbonyl (C=O) groups excluding carboxylic acids is 1. The SMILES string of the molecule is NC(CC(=O)Nc1cccc(-n2cc[nH]c2=O)c1)Cc1ccccc1. The molecule has 0 fully saturated rings. The Morgan fingerprint density at radius 2 is 1.96 bits per heavy atom. The first-order chi connectivity index (χ1) is 12.1. The molecule has 2 aromatic carbocycles. The average molecular weight is 336 g/mol. The molecule has 25 heavy (non-hydrogen) atoms. The van der Waals surface area contributed by atoms with Crippen LogP contribution in [0.3, 0.4) is 0 Å². The van der Waals surface area contributed by atoms with Gasteiger partial charge in [-0.25, -0.2) is 4.79 Å². The van der Waals surface area contributed by atoms with Gasteiger partial charge < -0.3 is 16.0 Å². The summed E-state index contributed by atoms with van der Waals surface area (Å²) in [5.74, 6) is -0.151. The first kappa shape index (κ1) is 16.7. The summed E-state index contributed by atoms with van der Waals surface area (Å²) < 4.78 is 1.47. The third kappa shape index (κ3) is 4.45. The molecule has 6 heteroatoms. The van der Waals surface area contributed by atoms with Crippen molar-refractivity contribution in [1.82, 2.24) is 9.55 Å². The van der Waals surface area contributed by atoms with Crippen LogP contribution < -0.4 is 16.7 Å². The molecule has 1 aromatic heterocycles. The molecule has 0 aliphatic heterocycles. The number of aromatic amines is 1. The second-order valence-electron chi connectivity index (χ2n) is 5.89. The Morgan fingerprint density at radius 3 is 2.68 bits per heavy atom. The monoisotopic (exact) mass is 336 g/mol. The zero-order valence-corrected chi connectivity index (χ0v) is 13.7. The van der Waals surface area contributed by atoms with Crippen molar-refractivity contribution in [3.05, 3.63) is 83.0 Å². The number of benzene rings is 2. The van der Waals surface area contributed by atoms with Gasteiger partial charge in [0.25, 0.3) is 0 Å². The molecule has 6 nitrogen and oxygen atoms in total. The molecule has 0 radical (unpaired) electrons. The van der Waals surface area contributed by atoms with Crippen LogP contribution in [0.2, 0.25) is 0 Å². The minimum Gasteiger partial charge on any atom is -0.327 e. The van der Waals surface area contributed by atoms with E-state index in [2.05, 4.69) is 10.3 Å². The van der Waals surface area contributed by atoms with Crippen LogP contribution in [0, 0.1) is 0 Å². The number of aromatic nitrogens is 2. The molecule has 3 aromatic rings. The minimum atomic E-state index is -0.252. The van der Waals surface area contributed by atoms with Crippen LogP contribution in [0.25, 0.3) is 5.69 Å². The van der Waals surface area contributed by atoms with Crippen molar-refractivity contribution in [1.29, 1.82) is 0 Å². The Morgan fingerprint density at radius 1 is 1.16 bits per heavy atom. The fraction of sp³-hybridized carbons (Fsp3) is 0.158. The molecule has 1 atom stereocenters. The van der Waals surface area contributed by atoms with Gasteiger partial charge in [-0.1, -0.05) is 36.4 Å². The predicted octanol–water partition coefficient (Wildman–Crippen LogP) is 2.06. The maximum absolute atomic E-state index is 12.2. The summed E-state index contributed by atoms with van der Waals surface area (Å²) in [5, 5.41) is 2.84. The van der Waals surface area contributed by atoms with Gasteiger partial charge >= 0.3 is 5.69 Å². The van der Waals surface area contributed by atoms with Crippen molar-refractivity contribution in [2.75, 3.05) is 5.32 Å². The van der Waals surface area contributed by atoms with Gasteiger partial charge in [-0.3, -0.25) is 9.36 Å². The summed E-state index contributed by atoms with van der Waals surface area (Å²) in [6.45, 7) is 0. The minimum absolute atomic E-state index is 0.151. The van der Waals surface area contributed by atoms with E-state index in [-0.39, 0.29) is 24.1 Å². The highest BCUT2D eigenvalue weighted by atomic mass is 16.2. The highest BCUT2D eigenvalue weighted by molar-refractivity contribution is 5.91. The first-order valence-electron chi connectivity index (χ1n) is 8.07. The van der Waals surface area contributed by atoms with Crippen LogP contribution in [-0.4, -0.2) is 21.5 Å². The number of amides is 1. The Kier molecular flexibility index (Phi) is 5.11. The summed E-state index contributed by atoms with van der Waals surface area (Å²) in [6.07, 6.45) is 4.07. The molecule has 128 valence electrons. The largest absolute Gasteiger partial charge is 0.330 e. The Labute approximate surface area is 145 Å². The van der Waals surface area contributed by atoms with E-state index < -0.39 is 0 Å². The number of hydrogen-bond acceptors (Lipinski definition) is 3. The van der Waals surface area contributed by atoms with Crippen LogP contribution in [0.5, 0.6) is 0 Å². The summed E-state index contributed by atoms with van der Waals surface area (Å²) >= 11 is 0. The quantitative estimate of drug-likeness (QED) is 0.643. The predicted molar refractivity (Wildman–Crippen MR) is 97.8 cm³/mol. The van der Waals surface area contributed by atoms with Gasteiger partial charge in [-0.15, -0.1) is 0 Å². The molecule has 1 amide bonds. The van der Waals surface area contributed by atoms with Gasteiger partial charge in [-0.05, 0) is 30.2 Å². The number of nitrogens with one attached hydrogen (secondary N) is 2. The lowest BCUT2D eigenvalue weighted by Gasteiger charge is -2.12. The number of rotatable bonds is 6. The van der Waals surface area contributed by atoms with Crippen LogP contribution >= 0.6 is 0 Å². The van der Waals surface area contributed by atoms with Gasteiger partial charge in [-0.2, -0.15) is 0 Å². The lowest BCUT2D eigenvalue weighted by atomic mass is 10.0. The topological polar surface area (TPSA) is 92.9 Å². The van der Waals surface area contributed by atoms with E-state index >= 15 is 0 Å². The molecular weight excluding hydrogens is 316 g/mol. The molecule has 0 aliphatic carbocycles. The number of carbonyl (C=O) groups is 1. The fourth-order valence-electron chi connectivity index (χ4n) is 2.70. The third-order valence-electron chi connectivity index (χ3n) is 3.85. The third-order valence-corrected chi connectivity index (χ3v) is 3.85. The van der Waals surface area contributed by atoms with Gasteiger partial charge in [0.15, 0.2) is 0 Å². The molecule has 4 N–H and O–H groups in total. The summed E-state index contributed by atoms with van der Waals surface area (Å²) in [7, 11) is 0. The molecule has 1 unspecified atom stereocenters. The molecule has 0 saturated carbocycles. The van der Waals surface area contributed by atoms with Gasteiger partial charge in [0.2, 0.25) is 5.91 Å². The van der Waals surface area contributed by atoms with E-state index in [1.807, 2.05) is 30.3 Å². The first-order valence-corrected chi connectivity index (χ1v) is 8.07. The summed E-state index contributed by atoms with van der Waals surface area (Å²) in [6, 6.07) is 16.7. The maximum Gasteiger partial charge on any atom is 0.330 e. The van der Waals surface area contributed by atoms with Gasteiger partial charge in [0, 0.05) is 30.5 Å². The van der Waals surface area contributed by atoms with E-state index in [1.165, 1.54) is 4.57 Å². The molecule has 0 bridgehead atoms. The molecular formula is C19H20N4O2. The molecule has 3 rings (SSSR count). The summed E-state index contributed by atoms with van der Waals surface area (Å²) in [4.78, 5) is 26.5. The highest BCUT2D eigenvalue weighted by Crippen LogP contribution is 2.14. The van der Waals surface area contributed by atoms with E-state index in [1.54, 1.807) is 36.7 Å². The Bertz CT molecular complexity index is 899. The zero-order chi connectivity index (χ0) is 17.6. The second-order valence-corrected chi connectivity index (χ2v) is 5.89. The number of hydrogen-bond donors (Lipinski definition) is 3. The standard InChI is InChI=1S/C19H20N4O2/c20-15(11-14-5-2-1-3-6-14)12-18(24)22-16-7-4-8-17(13-16)23-10-9-21-19(23)25/h1-10,13,15H,11-12,20H2,(H,21,25)(H,22,24). The van der Waals surface area contributed by atoms with Gasteiger partial charge in [0.05, 0.1) is 5.69 Å². The van der Waals surface area contributed by atoms with E-state index in [0.29, 0.717) is 17.8 Å². The highest BCUT2D eigenvalue weighted by Gasteiger charge is 2.11. The van der Waals surface area contributed by atoms with Crippen LogP contribution in [0.1, 0.15) is 12.0 Å². The molecule has 0 saturated heterocycles. The zero-order valence-electron chi connectivity index (χ0n) is 13.7. The number of H-pyrrole nitrogens is 1. The van der Waals surface area contributed by atoms with Crippen molar-refractivity contribution in [3.63, 3.8) is 0 Å². The number of imidazole rings is 1. The average Bonchev–Trinajstić information content (AvgIpc) is 3.02. The smallest absolute Gasteiger partial charge is 0.327 e. The maximum atomic E-state index is 12.2. The van der Waals surface area contributed by atoms with Crippen molar-refractivity contribution in [3.8, 4) is 5.69 Å². The molecule has 1 heterocycles. The Hall–Kier alpha value is -3.12. The van der Waals surface area contributed by atoms with Crippen LogP contribution in [-0.2, 0) is 11.2 Å². The van der Waals surface area contributed by atoms with E-state index in [0.717, 1.165) is 5.56 Å². The lowest BCUT2D eigenvalue weighted by Crippen LogP contribution is -2.29. The van der Waals surface area contributed by atoms with Crippen molar-refractivity contribution >= 4 is 11.6 Å². The van der Waals surface area contributed by atoms with E-state index in [4.69, 9.17) is 5.73 Å². The summed E-state index contributed by atoms with van der Waals surface area (Å²) in [5.41, 5.74) is 8.26. The van der Waals surface area contributed by atoms with Crippen LogP contribution in [0.15, 0.2) is 71.8 Å². The Balaban J connectivity index is 1.61. The number of nitrogens with two attached hydrogens (primary N) is 1. The fourth-order valence-corrected chi connectivity index (χ4v) is 2.70. The molecule has 0 aliphatic rings. The normalized spacial score (nSPS) is 11.9. The van der Waals surface area contributed by atoms with Gasteiger partial charge in [0.1, 0.15) is 0 Å². The second kappa shape index (κ2) is 7.63. The van der Waals surface area contributed by atoms with Crippen molar-refractivity contribution in [2.24, 2.45) is 5.73 Å².